The Morgan fingerprint density at radius 1 is 1.13 bits per heavy atom. The third-order valence-electron chi connectivity index (χ3n) is 5.22. The first-order chi connectivity index (χ1) is 14.7. The molecule has 0 aromatic heterocycles. The Bertz CT molecular complexity index is 1280. The molecule has 0 radical (unpaired) electrons. The van der Waals surface area contributed by atoms with Gasteiger partial charge in [0, 0.05) is 24.3 Å². The quantitative estimate of drug-likeness (QED) is 0.613. The molecule has 0 saturated heterocycles. The molecule has 0 saturated carbocycles. The van der Waals surface area contributed by atoms with Crippen LogP contribution < -0.4 is 9.62 Å². The first kappa shape index (κ1) is 21.5. The second-order valence-electron chi connectivity index (χ2n) is 7.44. The molecule has 0 aliphatic carbocycles. The molecule has 8 heteroatoms. The smallest absolute Gasteiger partial charge is 0.258 e. The lowest BCUT2D eigenvalue weighted by atomic mass is 10.1. The number of halogens is 2. The zero-order chi connectivity index (χ0) is 22.2. The van der Waals surface area contributed by atoms with Crippen molar-refractivity contribution in [3.8, 4) is 0 Å². The van der Waals surface area contributed by atoms with Crippen LogP contribution in [0.1, 0.15) is 27.0 Å². The van der Waals surface area contributed by atoms with Crippen molar-refractivity contribution in [2.45, 2.75) is 24.8 Å². The number of carbonyl (C=O) groups excluding carboxylic acids is 1. The molecule has 0 bridgehead atoms. The van der Waals surface area contributed by atoms with Gasteiger partial charge in [0.05, 0.1) is 9.92 Å². The van der Waals surface area contributed by atoms with E-state index in [0.717, 1.165) is 34.5 Å². The van der Waals surface area contributed by atoms with Crippen molar-refractivity contribution >= 4 is 33.2 Å². The molecule has 160 valence electrons. The zero-order valence-electron chi connectivity index (χ0n) is 16.7. The molecule has 0 spiro atoms. The molecule has 1 N–H and O–H groups in total. The zero-order valence-corrected chi connectivity index (χ0v) is 18.3. The fraction of sp³-hybridized carbons (Fsp3) is 0.174. The molecule has 1 aliphatic rings. The summed E-state index contributed by atoms with van der Waals surface area (Å²) in [4.78, 5) is 14.6. The minimum absolute atomic E-state index is 0.0518. The van der Waals surface area contributed by atoms with E-state index < -0.39 is 15.8 Å². The second kappa shape index (κ2) is 8.42. The summed E-state index contributed by atoms with van der Waals surface area (Å²) in [6.45, 7) is 2.59. The number of fused-ring (bicyclic) bond motifs is 1. The standard InChI is InChI=1S/C23H20ClFN2O3S/c1-15-3-2-4-18(11-15)23(28)27-10-9-17-12-16(5-8-22(17)27)14-26-31(29,30)19-6-7-21(25)20(24)13-19/h2-8,11-13,26H,9-10,14H2,1H3. The number of sulfonamides is 1. The highest BCUT2D eigenvalue weighted by Gasteiger charge is 2.26. The van der Waals surface area contributed by atoms with Gasteiger partial charge in [0.1, 0.15) is 5.82 Å². The highest BCUT2D eigenvalue weighted by atomic mass is 35.5. The van der Waals surface area contributed by atoms with E-state index in [4.69, 9.17) is 11.6 Å². The molecule has 1 aliphatic heterocycles. The number of anilines is 1. The Hall–Kier alpha value is -2.74. The number of nitrogens with one attached hydrogen (secondary N) is 1. The van der Waals surface area contributed by atoms with Gasteiger partial charge in [-0.2, -0.15) is 0 Å². The lowest BCUT2D eigenvalue weighted by molar-refractivity contribution is 0.0989. The van der Waals surface area contributed by atoms with E-state index in [9.17, 15) is 17.6 Å². The number of nitrogens with zero attached hydrogens (tertiary/aromatic N) is 1. The van der Waals surface area contributed by atoms with Crippen LogP contribution in [0.4, 0.5) is 10.1 Å². The summed E-state index contributed by atoms with van der Waals surface area (Å²) < 4.78 is 40.8. The molecule has 0 fully saturated rings. The van der Waals surface area contributed by atoms with Crippen LogP contribution in [0.15, 0.2) is 65.6 Å². The monoisotopic (exact) mass is 458 g/mol. The summed E-state index contributed by atoms with van der Waals surface area (Å²) in [5.41, 5.74) is 4.25. The lowest BCUT2D eigenvalue weighted by Gasteiger charge is -2.18. The van der Waals surface area contributed by atoms with Crippen molar-refractivity contribution in [2.24, 2.45) is 0 Å². The minimum Gasteiger partial charge on any atom is -0.308 e. The van der Waals surface area contributed by atoms with Gasteiger partial charge in [-0.25, -0.2) is 17.5 Å². The highest BCUT2D eigenvalue weighted by Crippen LogP contribution is 2.30. The molecule has 5 nitrogen and oxygen atoms in total. The molecule has 3 aromatic rings. The van der Waals surface area contributed by atoms with Crippen LogP contribution in [0.25, 0.3) is 0 Å². The van der Waals surface area contributed by atoms with Gasteiger partial charge in [0.2, 0.25) is 10.0 Å². The van der Waals surface area contributed by atoms with Gasteiger partial charge >= 0.3 is 0 Å². The molecule has 0 unspecified atom stereocenters. The summed E-state index contributed by atoms with van der Waals surface area (Å²) >= 11 is 5.69. The van der Waals surface area contributed by atoms with Crippen LogP contribution in [0.2, 0.25) is 5.02 Å². The van der Waals surface area contributed by atoms with E-state index in [1.54, 1.807) is 17.0 Å². The Balaban J connectivity index is 1.49. The van der Waals surface area contributed by atoms with E-state index >= 15 is 0 Å². The van der Waals surface area contributed by atoms with Crippen molar-refractivity contribution in [1.82, 2.24) is 4.72 Å². The van der Waals surface area contributed by atoms with E-state index in [0.29, 0.717) is 18.5 Å². The number of aryl methyl sites for hydroxylation is 1. The fourth-order valence-corrected chi connectivity index (χ4v) is 4.90. The van der Waals surface area contributed by atoms with Gasteiger partial charge < -0.3 is 4.90 Å². The third-order valence-corrected chi connectivity index (χ3v) is 6.91. The molecular weight excluding hydrogens is 439 g/mol. The molecule has 1 amide bonds. The molecule has 0 atom stereocenters. The van der Waals surface area contributed by atoms with Crippen molar-refractivity contribution in [1.29, 1.82) is 0 Å². The average Bonchev–Trinajstić information content (AvgIpc) is 3.17. The first-order valence-corrected chi connectivity index (χ1v) is 11.6. The van der Waals surface area contributed by atoms with Crippen LogP contribution in [0.5, 0.6) is 0 Å². The minimum atomic E-state index is -3.84. The molecule has 3 aromatic carbocycles. The van der Waals surface area contributed by atoms with Crippen molar-refractivity contribution < 1.29 is 17.6 Å². The predicted octanol–water partition coefficient (Wildman–Crippen LogP) is 4.47. The topological polar surface area (TPSA) is 66.5 Å². The van der Waals surface area contributed by atoms with E-state index in [1.165, 1.54) is 6.07 Å². The summed E-state index contributed by atoms with van der Waals surface area (Å²) in [6, 6.07) is 16.3. The number of amides is 1. The van der Waals surface area contributed by atoms with E-state index in [1.807, 2.05) is 37.3 Å². The van der Waals surface area contributed by atoms with Crippen LogP contribution in [-0.4, -0.2) is 20.9 Å². The van der Waals surface area contributed by atoms with Gasteiger partial charge in [0.25, 0.3) is 5.91 Å². The third kappa shape index (κ3) is 4.49. The maximum Gasteiger partial charge on any atom is 0.258 e. The summed E-state index contributed by atoms with van der Waals surface area (Å²) in [7, 11) is -3.84. The van der Waals surface area contributed by atoms with E-state index in [2.05, 4.69) is 4.72 Å². The number of hydrogen-bond acceptors (Lipinski definition) is 3. The van der Waals surface area contributed by atoms with Gasteiger partial charge in [-0.15, -0.1) is 0 Å². The van der Waals surface area contributed by atoms with Gasteiger partial charge in [-0.3, -0.25) is 4.79 Å². The molecule has 4 rings (SSSR count). The number of benzene rings is 3. The maximum absolute atomic E-state index is 13.3. The maximum atomic E-state index is 13.3. The fourth-order valence-electron chi connectivity index (χ4n) is 3.62. The van der Waals surface area contributed by atoms with Crippen LogP contribution in [-0.2, 0) is 23.0 Å². The van der Waals surface area contributed by atoms with Crippen LogP contribution >= 0.6 is 11.6 Å². The first-order valence-electron chi connectivity index (χ1n) is 9.70. The highest BCUT2D eigenvalue weighted by molar-refractivity contribution is 7.89. The molecule has 1 heterocycles. The van der Waals surface area contributed by atoms with Gasteiger partial charge in [0.15, 0.2) is 0 Å². The van der Waals surface area contributed by atoms with Crippen LogP contribution in [0.3, 0.4) is 0 Å². The summed E-state index contributed by atoms with van der Waals surface area (Å²) in [5.74, 6) is -0.729. The van der Waals surface area contributed by atoms with Crippen molar-refractivity contribution in [3.63, 3.8) is 0 Å². The Morgan fingerprint density at radius 3 is 2.68 bits per heavy atom. The summed E-state index contributed by atoms with van der Waals surface area (Å²) in [6.07, 6.45) is 0.695. The van der Waals surface area contributed by atoms with Gasteiger partial charge in [-0.05, 0) is 60.9 Å². The molecular formula is C23H20ClFN2O3S. The Morgan fingerprint density at radius 2 is 1.94 bits per heavy atom. The Labute approximate surface area is 185 Å². The summed E-state index contributed by atoms with van der Waals surface area (Å²) in [5, 5.41) is -0.251. The number of hydrogen-bond donors (Lipinski definition) is 1. The Kier molecular flexibility index (Phi) is 5.83. The second-order valence-corrected chi connectivity index (χ2v) is 9.61. The molecule has 31 heavy (non-hydrogen) atoms. The van der Waals surface area contributed by atoms with Crippen LogP contribution in [0, 0.1) is 12.7 Å². The largest absolute Gasteiger partial charge is 0.308 e. The predicted molar refractivity (Wildman–Crippen MR) is 118 cm³/mol. The van der Waals surface area contributed by atoms with Crippen molar-refractivity contribution in [2.75, 3.05) is 11.4 Å². The average molecular weight is 459 g/mol. The SMILES string of the molecule is Cc1cccc(C(=O)N2CCc3cc(CNS(=O)(=O)c4ccc(F)c(Cl)c4)ccc32)c1. The normalized spacial score (nSPS) is 13.3. The number of rotatable bonds is 5. The van der Waals surface area contributed by atoms with Gasteiger partial charge in [-0.1, -0.05) is 41.4 Å². The number of carbonyl (C=O) groups is 1. The van der Waals surface area contributed by atoms with Crippen molar-refractivity contribution in [3.05, 3.63) is 93.8 Å². The van der Waals surface area contributed by atoms with E-state index in [-0.39, 0.29) is 22.4 Å². The lowest BCUT2D eigenvalue weighted by Crippen LogP contribution is -2.28.